The van der Waals surface area contributed by atoms with E-state index in [0.29, 0.717) is 18.1 Å². The van der Waals surface area contributed by atoms with Gasteiger partial charge in [0.05, 0.1) is 0 Å². The normalized spacial score (nSPS) is 27.4. The SMILES string of the molecule is NC1(CC(=O)C2CC2)CCCC1. The Hall–Kier alpha value is -0.370. The molecule has 2 nitrogen and oxygen atoms in total. The molecule has 0 bridgehead atoms. The Morgan fingerprint density at radius 3 is 2.42 bits per heavy atom. The van der Waals surface area contributed by atoms with Gasteiger partial charge in [0.25, 0.3) is 0 Å². The summed E-state index contributed by atoms with van der Waals surface area (Å²) in [7, 11) is 0. The summed E-state index contributed by atoms with van der Waals surface area (Å²) in [5.74, 6) is 0.824. The van der Waals surface area contributed by atoms with Gasteiger partial charge in [-0.1, -0.05) is 12.8 Å². The Bertz CT molecular complexity index is 190. The maximum atomic E-state index is 11.5. The highest BCUT2D eigenvalue weighted by Crippen LogP contribution is 2.36. The molecule has 0 saturated heterocycles. The standard InChI is InChI=1S/C10H17NO/c11-10(5-1-2-6-10)7-9(12)8-3-4-8/h8H,1-7,11H2. The molecule has 0 amide bonds. The van der Waals surface area contributed by atoms with E-state index >= 15 is 0 Å². The smallest absolute Gasteiger partial charge is 0.137 e. The molecule has 2 saturated carbocycles. The van der Waals surface area contributed by atoms with Crippen molar-refractivity contribution in [1.82, 2.24) is 0 Å². The first-order valence-electron chi connectivity index (χ1n) is 5.01. The fraction of sp³-hybridized carbons (Fsp3) is 0.900. The third kappa shape index (κ3) is 1.69. The van der Waals surface area contributed by atoms with Crippen LogP contribution in [-0.2, 0) is 4.79 Å². The van der Waals surface area contributed by atoms with Gasteiger partial charge in [-0.2, -0.15) is 0 Å². The van der Waals surface area contributed by atoms with E-state index in [1.165, 1.54) is 12.8 Å². The van der Waals surface area contributed by atoms with E-state index in [0.717, 1.165) is 25.7 Å². The molecule has 0 heterocycles. The van der Waals surface area contributed by atoms with Crippen LogP contribution in [0.25, 0.3) is 0 Å². The molecule has 2 aliphatic rings. The van der Waals surface area contributed by atoms with Crippen molar-refractivity contribution in [2.45, 2.75) is 50.5 Å². The van der Waals surface area contributed by atoms with E-state index in [4.69, 9.17) is 5.73 Å². The second kappa shape index (κ2) is 2.84. The van der Waals surface area contributed by atoms with Crippen LogP contribution < -0.4 is 5.73 Å². The molecule has 0 aliphatic heterocycles. The molecule has 0 aromatic carbocycles. The summed E-state index contributed by atoms with van der Waals surface area (Å²) in [6.07, 6.45) is 7.45. The number of carbonyl (C=O) groups is 1. The van der Waals surface area contributed by atoms with E-state index in [9.17, 15) is 4.79 Å². The molecule has 0 unspecified atom stereocenters. The molecule has 2 fully saturated rings. The Labute approximate surface area is 73.5 Å². The van der Waals surface area contributed by atoms with Crippen LogP contribution in [0.15, 0.2) is 0 Å². The molecule has 0 aromatic heterocycles. The van der Waals surface area contributed by atoms with Gasteiger partial charge in [0.1, 0.15) is 5.78 Å². The van der Waals surface area contributed by atoms with Crippen LogP contribution in [0.4, 0.5) is 0 Å². The van der Waals surface area contributed by atoms with Crippen molar-refractivity contribution in [3.8, 4) is 0 Å². The minimum Gasteiger partial charge on any atom is -0.325 e. The lowest BCUT2D eigenvalue weighted by atomic mass is 9.91. The molecule has 2 aliphatic carbocycles. The molecule has 2 N–H and O–H groups in total. The molecular formula is C10H17NO. The zero-order chi connectivity index (χ0) is 8.60. The quantitative estimate of drug-likeness (QED) is 0.694. The maximum Gasteiger partial charge on any atom is 0.137 e. The van der Waals surface area contributed by atoms with Gasteiger partial charge in [-0.25, -0.2) is 0 Å². The summed E-state index contributed by atoms with van der Waals surface area (Å²) in [5, 5.41) is 0. The van der Waals surface area contributed by atoms with E-state index < -0.39 is 0 Å². The van der Waals surface area contributed by atoms with E-state index in [1.54, 1.807) is 0 Å². The molecule has 2 rings (SSSR count). The highest BCUT2D eigenvalue weighted by Gasteiger charge is 2.37. The first-order chi connectivity index (χ1) is 5.70. The number of Topliss-reactive ketones (excluding diaryl/α,β-unsaturated/α-hetero) is 1. The van der Waals surface area contributed by atoms with Crippen molar-refractivity contribution < 1.29 is 4.79 Å². The molecular weight excluding hydrogens is 150 g/mol. The zero-order valence-corrected chi connectivity index (χ0v) is 7.51. The lowest BCUT2D eigenvalue weighted by molar-refractivity contribution is -0.121. The third-order valence-electron chi connectivity index (χ3n) is 3.16. The molecule has 0 atom stereocenters. The highest BCUT2D eigenvalue weighted by molar-refractivity contribution is 5.84. The van der Waals surface area contributed by atoms with Gasteiger partial charge in [0, 0.05) is 17.9 Å². The predicted octanol–water partition coefficient (Wildman–Crippen LogP) is 1.63. The maximum absolute atomic E-state index is 11.5. The zero-order valence-electron chi connectivity index (χ0n) is 7.51. The van der Waals surface area contributed by atoms with Crippen LogP contribution in [0.3, 0.4) is 0 Å². The Balaban J connectivity index is 1.87. The average Bonchev–Trinajstić information content (AvgIpc) is 2.77. The first kappa shape index (κ1) is 8.24. The Morgan fingerprint density at radius 1 is 1.33 bits per heavy atom. The number of hydrogen-bond donors (Lipinski definition) is 1. The Morgan fingerprint density at radius 2 is 1.92 bits per heavy atom. The van der Waals surface area contributed by atoms with Crippen LogP contribution in [0.2, 0.25) is 0 Å². The molecule has 0 spiro atoms. The second-order valence-corrected chi connectivity index (χ2v) is 4.49. The van der Waals surface area contributed by atoms with E-state index in [-0.39, 0.29) is 5.54 Å². The summed E-state index contributed by atoms with van der Waals surface area (Å²) >= 11 is 0. The number of carbonyl (C=O) groups excluding carboxylic acids is 1. The lowest BCUT2D eigenvalue weighted by Crippen LogP contribution is -2.39. The molecule has 68 valence electrons. The van der Waals surface area contributed by atoms with Gasteiger partial charge in [-0.05, 0) is 25.7 Å². The van der Waals surface area contributed by atoms with Crippen LogP contribution in [0, 0.1) is 5.92 Å². The topological polar surface area (TPSA) is 43.1 Å². The number of hydrogen-bond acceptors (Lipinski definition) is 2. The van der Waals surface area contributed by atoms with Crippen molar-refractivity contribution in [2.24, 2.45) is 11.7 Å². The fourth-order valence-corrected chi connectivity index (χ4v) is 2.15. The highest BCUT2D eigenvalue weighted by atomic mass is 16.1. The number of rotatable bonds is 3. The average molecular weight is 167 g/mol. The largest absolute Gasteiger partial charge is 0.325 e. The number of nitrogens with two attached hydrogens (primary N) is 1. The van der Waals surface area contributed by atoms with Crippen molar-refractivity contribution in [2.75, 3.05) is 0 Å². The summed E-state index contributed by atoms with van der Waals surface area (Å²) in [6, 6.07) is 0. The minimum absolute atomic E-state index is 0.111. The molecule has 2 heteroatoms. The summed E-state index contributed by atoms with van der Waals surface area (Å²) in [5.41, 5.74) is 5.99. The molecule has 0 aromatic rings. The van der Waals surface area contributed by atoms with E-state index in [1.807, 2.05) is 0 Å². The molecule has 12 heavy (non-hydrogen) atoms. The van der Waals surface area contributed by atoms with Gasteiger partial charge >= 0.3 is 0 Å². The van der Waals surface area contributed by atoms with Crippen LogP contribution in [-0.4, -0.2) is 11.3 Å². The van der Waals surface area contributed by atoms with Gasteiger partial charge in [-0.3, -0.25) is 4.79 Å². The summed E-state index contributed by atoms with van der Waals surface area (Å²) < 4.78 is 0. The monoisotopic (exact) mass is 167 g/mol. The lowest BCUT2D eigenvalue weighted by Gasteiger charge is -2.22. The fourth-order valence-electron chi connectivity index (χ4n) is 2.15. The van der Waals surface area contributed by atoms with Crippen LogP contribution >= 0.6 is 0 Å². The third-order valence-corrected chi connectivity index (χ3v) is 3.16. The van der Waals surface area contributed by atoms with Crippen LogP contribution in [0.5, 0.6) is 0 Å². The van der Waals surface area contributed by atoms with Crippen molar-refractivity contribution in [3.63, 3.8) is 0 Å². The van der Waals surface area contributed by atoms with E-state index in [2.05, 4.69) is 0 Å². The summed E-state index contributed by atoms with van der Waals surface area (Å²) in [6.45, 7) is 0. The Kier molecular flexibility index (Phi) is 1.95. The van der Waals surface area contributed by atoms with Gasteiger partial charge in [-0.15, -0.1) is 0 Å². The summed E-state index contributed by atoms with van der Waals surface area (Å²) in [4.78, 5) is 11.5. The van der Waals surface area contributed by atoms with Crippen molar-refractivity contribution in [1.29, 1.82) is 0 Å². The van der Waals surface area contributed by atoms with Crippen molar-refractivity contribution >= 4 is 5.78 Å². The first-order valence-corrected chi connectivity index (χ1v) is 5.01. The minimum atomic E-state index is -0.111. The number of ketones is 1. The van der Waals surface area contributed by atoms with Gasteiger partial charge in [0.15, 0.2) is 0 Å². The predicted molar refractivity (Wildman–Crippen MR) is 47.7 cm³/mol. The van der Waals surface area contributed by atoms with Gasteiger partial charge < -0.3 is 5.73 Å². The second-order valence-electron chi connectivity index (χ2n) is 4.49. The van der Waals surface area contributed by atoms with Crippen molar-refractivity contribution in [3.05, 3.63) is 0 Å². The van der Waals surface area contributed by atoms with Crippen LogP contribution in [0.1, 0.15) is 44.9 Å². The van der Waals surface area contributed by atoms with Gasteiger partial charge in [0.2, 0.25) is 0 Å². The molecule has 0 radical (unpaired) electrons.